The molecule has 0 saturated carbocycles. The standard InChI is InChI=1S/C17H14Cl2N8O7/c1-8-13(19)14(27(32)33)23-25(8)7-12-22-17(34-24-12)16(29)21-5-4-20-15(28)10-3-2-9(26(30)31)6-11(10)18/h2-3,6H,4-5,7H2,1H3,(H,20,28)(H,21,29). The molecule has 0 spiro atoms. The van der Waals surface area contributed by atoms with Crippen LogP contribution < -0.4 is 10.6 Å². The van der Waals surface area contributed by atoms with Crippen molar-refractivity contribution >= 4 is 46.5 Å². The van der Waals surface area contributed by atoms with Gasteiger partial charge in [-0.05, 0) is 17.9 Å². The third kappa shape index (κ3) is 5.44. The average Bonchev–Trinajstić information content (AvgIpc) is 3.36. The number of hydrogen-bond donors (Lipinski definition) is 2. The second-order valence-electron chi connectivity index (χ2n) is 6.59. The van der Waals surface area contributed by atoms with Crippen LogP contribution >= 0.6 is 23.2 Å². The number of hydrogen-bond acceptors (Lipinski definition) is 10. The maximum absolute atomic E-state index is 12.2. The lowest BCUT2D eigenvalue weighted by molar-refractivity contribution is -0.389. The fourth-order valence-corrected chi connectivity index (χ4v) is 3.11. The van der Waals surface area contributed by atoms with Gasteiger partial charge in [-0.3, -0.25) is 19.7 Å². The van der Waals surface area contributed by atoms with E-state index in [0.717, 1.165) is 12.1 Å². The van der Waals surface area contributed by atoms with E-state index in [0.29, 0.717) is 5.69 Å². The lowest BCUT2D eigenvalue weighted by atomic mass is 10.2. The summed E-state index contributed by atoms with van der Waals surface area (Å²) in [7, 11) is 0. The number of nitro groups is 2. The Morgan fingerprint density at radius 2 is 1.79 bits per heavy atom. The molecule has 0 aliphatic heterocycles. The zero-order chi connectivity index (χ0) is 25.0. The molecule has 178 valence electrons. The normalized spacial score (nSPS) is 10.7. The summed E-state index contributed by atoms with van der Waals surface area (Å²) in [6, 6.07) is 3.42. The number of benzene rings is 1. The van der Waals surface area contributed by atoms with E-state index in [-0.39, 0.29) is 52.6 Å². The molecule has 3 aromatic rings. The van der Waals surface area contributed by atoms with Crippen molar-refractivity contribution in [1.82, 2.24) is 30.6 Å². The predicted octanol–water partition coefficient (Wildman–Crippen LogP) is 1.91. The van der Waals surface area contributed by atoms with Crippen LogP contribution in [0.1, 0.15) is 32.6 Å². The Labute approximate surface area is 199 Å². The number of carbonyl (C=O) groups is 2. The first-order valence-corrected chi connectivity index (χ1v) is 10.0. The van der Waals surface area contributed by atoms with Gasteiger partial charge in [-0.1, -0.05) is 28.4 Å². The first-order valence-electron chi connectivity index (χ1n) is 9.28. The van der Waals surface area contributed by atoms with Crippen LogP contribution in [0.2, 0.25) is 10.0 Å². The van der Waals surface area contributed by atoms with Gasteiger partial charge < -0.3 is 25.3 Å². The number of aromatic nitrogens is 4. The summed E-state index contributed by atoms with van der Waals surface area (Å²) >= 11 is 11.8. The molecule has 0 aliphatic carbocycles. The van der Waals surface area contributed by atoms with E-state index in [4.69, 9.17) is 27.7 Å². The van der Waals surface area contributed by atoms with Gasteiger partial charge in [0.1, 0.15) is 6.54 Å². The summed E-state index contributed by atoms with van der Waals surface area (Å²) in [5.41, 5.74) is 0.0965. The second kappa shape index (κ2) is 10.2. The van der Waals surface area contributed by atoms with E-state index in [1.165, 1.54) is 17.7 Å². The topological polar surface area (TPSA) is 201 Å². The molecule has 15 nitrogen and oxygen atoms in total. The molecule has 0 bridgehead atoms. The lowest BCUT2D eigenvalue weighted by Crippen LogP contribution is -2.35. The highest BCUT2D eigenvalue weighted by atomic mass is 35.5. The molecule has 2 amide bonds. The average molecular weight is 513 g/mol. The highest BCUT2D eigenvalue weighted by Crippen LogP contribution is 2.26. The summed E-state index contributed by atoms with van der Waals surface area (Å²) in [5, 5.41) is 33.8. The summed E-state index contributed by atoms with van der Waals surface area (Å²) in [6.07, 6.45) is 0. The lowest BCUT2D eigenvalue weighted by Gasteiger charge is -2.07. The molecule has 2 N–H and O–H groups in total. The number of nitrogens with one attached hydrogen (secondary N) is 2. The minimum atomic E-state index is -0.727. The van der Waals surface area contributed by atoms with E-state index in [1.807, 2.05) is 0 Å². The van der Waals surface area contributed by atoms with Crippen LogP contribution in [0.4, 0.5) is 11.5 Å². The Bertz CT molecular complexity index is 1290. The number of carbonyl (C=O) groups excluding carboxylic acids is 2. The maximum atomic E-state index is 12.2. The molecule has 0 saturated heterocycles. The van der Waals surface area contributed by atoms with Gasteiger partial charge in [-0.2, -0.15) is 9.67 Å². The van der Waals surface area contributed by atoms with Crippen molar-refractivity contribution in [2.24, 2.45) is 0 Å². The second-order valence-corrected chi connectivity index (χ2v) is 7.37. The van der Waals surface area contributed by atoms with Crippen LogP contribution in [0.5, 0.6) is 0 Å². The van der Waals surface area contributed by atoms with Crippen molar-refractivity contribution in [2.45, 2.75) is 13.5 Å². The zero-order valence-corrected chi connectivity index (χ0v) is 18.7. The van der Waals surface area contributed by atoms with Crippen molar-refractivity contribution < 1.29 is 24.0 Å². The van der Waals surface area contributed by atoms with Crippen LogP contribution in [0, 0.1) is 27.2 Å². The monoisotopic (exact) mass is 512 g/mol. The van der Waals surface area contributed by atoms with Gasteiger partial charge in [0.15, 0.2) is 10.8 Å². The first kappa shape index (κ1) is 24.5. The molecule has 17 heteroatoms. The van der Waals surface area contributed by atoms with Gasteiger partial charge in [0.2, 0.25) is 0 Å². The van der Waals surface area contributed by atoms with E-state index < -0.39 is 27.5 Å². The number of non-ortho nitro benzene ring substituents is 1. The number of rotatable bonds is 9. The van der Waals surface area contributed by atoms with Gasteiger partial charge in [-0.15, -0.1) is 0 Å². The van der Waals surface area contributed by atoms with Crippen LogP contribution in [0.15, 0.2) is 22.7 Å². The van der Waals surface area contributed by atoms with Crippen molar-refractivity contribution in [3.05, 3.63) is 71.4 Å². The molecule has 3 rings (SSSR count). The summed E-state index contributed by atoms with van der Waals surface area (Å²) < 4.78 is 6.08. The third-order valence-electron chi connectivity index (χ3n) is 4.35. The molecule has 2 aromatic heterocycles. The van der Waals surface area contributed by atoms with Crippen molar-refractivity contribution in [2.75, 3.05) is 13.1 Å². The molecule has 0 atom stereocenters. The fraction of sp³-hybridized carbons (Fsp3) is 0.235. The minimum Gasteiger partial charge on any atom is -0.358 e. The van der Waals surface area contributed by atoms with E-state index in [1.54, 1.807) is 0 Å². The Morgan fingerprint density at radius 1 is 1.12 bits per heavy atom. The minimum absolute atomic E-state index is 0.00699. The van der Waals surface area contributed by atoms with Crippen LogP contribution in [0.25, 0.3) is 0 Å². The molecule has 0 radical (unpaired) electrons. The van der Waals surface area contributed by atoms with Crippen molar-refractivity contribution in [3.8, 4) is 0 Å². The van der Waals surface area contributed by atoms with Gasteiger partial charge in [0, 0.05) is 25.2 Å². The SMILES string of the molecule is Cc1c(Cl)c([N+](=O)[O-])nn1Cc1noc(C(=O)NCCNC(=O)c2ccc([N+](=O)[O-])cc2Cl)n1. The molecule has 0 unspecified atom stereocenters. The smallest absolute Gasteiger partial charge is 0.358 e. The first-order chi connectivity index (χ1) is 16.1. The highest BCUT2D eigenvalue weighted by molar-refractivity contribution is 6.34. The van der Waals surface area contributed by atoms with Gasteiger partial charge in [0.05, 0.1) is 26.3 Å². The number of amides is 2. The Kier molecular flexibility index (Phi) is 7.37. The van der Waals surface area contributed by atoms with Gasteiger partial charge in [0.25, 0.3) is 11.6 Å². The summed E-state index contributed by atoms with van der Waals surface area (Å²) in [5.74, 6) is -2.16. The van der Waals surface area contributed by atoms with Gasteiger partial charge in [-0.25, -0.2) is 0 Å². The van der Waals surface area contributed by atoms with Crippen molar-refractivity contribution in [3.63, 3.8) is 0 Å². The Hall–Kier alpha value is -4.11. The molecular weight excluding hydrogens is 499 g/mol. The number of nitro benzene ring substituents is 1. The highest BCUT2D eigenvalue weighted by Gasteiger charge is 2.25. The van der Waals surface area contributed by atoms with E-state index in [2.05, 4.69) is 25.9 Å². The molecule has 1 aromatic carbocycles. The molecular formula is C17H14Cl2N8O7. The molecule has 34 heavy (non-hydrogen) atoms. The largest absolute Gasteiger partial charge is 0.408 e. The summed E-state index contributed by atoms with van der Waals surface area (Å²) in [4.78, 5) is 48.5. The molecule has 0 fully saturated rings. The maximum Gasteiger partial charge on any atom is 0.408 e. The third-order valence-corrected chi connectivity index (χ3v) is 5.10. The van der Waals surface area contributed by atoms with Crippen molar-refractivity contribution in [1.29, 1.82) is 0 Å². The molecule has 0 aliphatic rings. The Morgan fingerprint density at radius 3 is 2.38 bits per heavy atom. The zero-order valence-electron chi connectivity index (χ0n) is 17.2. The van der Waals surface area contributed by atoms with Gasteiger partial charge >= 0.3 is 17.6 Å². The van der Waals surface area contributed by atoms with E-state index in [9.17, 15) is 29.8 Å². The fourth-order valence-electron chi connectivity index (χ4n) is 2.65. The number of nitrogens with zero attached hydrogens (tertiary/aromatic N) is 6. The Balaban J connectivity index is 1.51. The summed E-state index contributed by atoms with van der Waals surface area (Å²) in [6.45, 7) is 1.40. The quantitative estimate of drug-likeness (QED) is 0.242. The predicted molar refractivity (Wildman–Crippen MR) is 115 cm³/mol. The number of halogens is 2. The van der Waals surface area contributed by atoms with Crippen LogP contribution in [0.3, 0.4) is 0 Å². The van der Waals surface area contributed by atoms with E-state index >= 15 is 0 Å². The molecule has 2 heterocycles. The van der Waals surface area contributed by atoms with Crippen LogP contribution in [-0.2, 0) is 6.54 Å². The van der Waals surface area contributed by atoms with Crippen LogP contribution in [-0.4, -0.2) is 54.7 Å².